The molecule has 140 valence electrons. The van der Waals surface area contributed by atoms with Gasteiger partial charge >= 0.3 is 6.18 Å². The summed E-state index contributed by atoms with van der Waals surface area (Å²) in [4.78, 5) is 24.0. The summed E-state index contributed by atoms with van der Waals surface area (Å²) >= 11 is 0. The summed E-state index contributed by atoms with van der Waals surface area (Å²) in [5.41, 5.74) is 1.06. The highest BCUT2D eigenvalue weighted by Crippen LogP contribution is 2.30. The predicted octanol–water partition coefficient (Wildman–Crippen LogP) is 3.54. The van der Waals surface area contributed by atoms with Gasteiger partial charge in [-0.3, -0.25) is 4.79 Å². The Morgan fingerprint density at radius 2 is 1.74 bits per heavy atom. The van der Waals surface area contributed by atoms with E-state index in [4.69, 9.17) is 0 Å². The lowest BCUT2D eigenvalue weighted by Crippen LogP contribution is -2.49. The summed E-state index contributed by atoms with van der Waals surface area (Å²) in [7, 11) is 0. The molecule has 0 saturated carbocycles. The van der Waals surface area contributed by atoms with Gasteiger partial charge in [0, 0.05) is 31.7 Å². The Morgan fingerprint density at radius 1 is 1.00 bits per heavy atom. The zero-order chi connectivity index (χ0) is 19.0. The van der Waals surface area contributed by atoms with E-state index < -0.39 is 11.7 Å². The molecular formula is C19H17F3N4O. The zero-order valence-corrected chi connectivity index (χ0v) is 14.3. The molecule has 0 bridgehead atoms. The number of halogens is 3. The highest BCUT2D eigenvalue weighted by atomic mass is 19.4. The number of imidazole rings is 1. The summed E-state index contributed by atoms with van der Waals surface area (Å²) in [6, 6.07) is 12.3. The van der Waals surface area contributed by atoms with Gasteiger partial charge in [-0.05, 0) is 30.3 Å². The second kappa shape index (κ2) is 6.61. The van der Waals surface area contributed by atoms with Gasteiger partial charge in [0.05, 0.1) is 16.6 Å². The van der Waals surface area contributed by atoms with E-state index in [2.05, 4.69) is 9.97 Å². The third-order valence-corrected chi connectivity index (χ3v) is 4.68. The van der Waals surface area contributed by atoms with Gasteiger partial charge in [-0.1, -0.05) is 18.2 Å². The molecule has 1 fully saturated rings. The highest BCUT2D eigenvalue weighted by molar-refractivity contribution is 5.94. The number of hydrogen-bond donors (Lipinski definition) is 1. The molecule has 1 N–H and O–H groups in total. The van der Waals surface area contributed by atoms with Crippen LogP contribution in [0.25, 0.3) is 11.0 Å². The molecule has 1 aliphatic heterocycles. The molecule has 1 amide bonds. The van der Waals surface area contributed by atoms with E-state index in [0.717, 1.165) is 29.1 Å². The number of aromatic nitrogens is 2. The van der Waals surface area contributed by atoms with E-state index in [1.165, 1.54) is 12.1 Å². The number of piperazine rings is 1. The Balaban J connectivity index is 1.45. The number of alkyl halides is 3. The number of fused-ring (bicyclic) bond motifs is 1. The number of nitrogens with zero attached hydrogens (tertiary/aromatic N) is 3. The van der Waals surface area contributed by atoms with Gasteiger partial charge in [0.15, 0.2) is 0 Å². The normalized spacial score (nSPS) is 15.4. The third kappa shape index (κ3) is 3.47. The largest absolute Gasteiger partial charge is 0.416 e. The van der Waals surface area contributed by atoms with Crippen LogP contribution in [-0.2, 0) is 6.18 Å². The van der Waals surface area contributed by atoms with E-state index in [9.17, 15) is 18.0 Å². The van der Waals surface area contributed by atoms with Crippen molar-refractivity contribution >= 4 is 22.9 Å². The van der Waals surface area contributed by atoms with Crippen LogP contribution in [-0.4, -0.2) is 47.0 Å². The maximum absolute atomic E-state index is 12.9. The van der Waals surface area contributed by atoms with Gasteiger partial charge in [0.25, 0.3) is 5.91 Å². The first kappa shape index (κ1) is 17.4. The number of amides is 1. The van der Waals surface area contributed by atoms with Crippen molar-refractivity contribution in [3.8, 4) is 0 Å². The van der Waals surface area contributed by atoms with Crippen LogP contribution in [0.2, 0.25) is 0 Å². The Morgan fingerprint density at radius 3 is 2.44 bits per heavy atom. The van der Waals surface area contributed by atoms with Crippen molar-refractivity contribution in [2.24, 2.45) is 0 Å². The number of carbonyl (C=O) groups excluding carboxylic acids is 1. The van der Waals surface area contributed by atoms with Crippen molar-refractivity contribution in [2.45, 2.75) is 6.18 Å². The molecule has 1 aromatic heterocycles. The number of para-hydroxylation sites is 2. The Bertz CT molecular complexity index is 941. The van der Waals surface area contributed by atoms with Crippen LogP contribution >= 0.6 is 0 Å². The van der Waals surface area contributed by atoms with Gasteiger partial charge in [0.1, 0.15) is 0 Å². The Labute approximate surface area is 153 Å². The molecule has 0 unspecified atom stereocenters. The standard InChI is InChI=1S/C19H17F3N4O/c20-19(21,22)14-5-3-4-13(12-14)17(27)25-8-10-26(11-9-25)18-23-15-6-1-2-7-16(15)24-18/h1-7,12H,8-11H2,(H,23,24). The van der Waals surface area contributed by atoms with E-state index in [1.807, 2.05) is 29.2 Å². The van der Waals surface area contributed by atoms with Crippen molar-refractivity contribution in [2.75, 3.05) is 31.1 Å². The molecule has 0 aliphatic carbocycles. The minimum atomic E-state index is -4.46. The fourth-order valence-corrected chi connectivity index (χ4v) is 3.22. The summed E-state index contributed by atoms with van der Waals surface area (Å²) in [6.07, 6.45) is -4.46. The molecule has 5 nitrogen and oxygen atoms in total. The first-order chi connectivity index (χ1) is 12.9. The number of nitrogens with one attached hydrogen (secondary N) is 1. The second-order valence-corrected chi connectivity index (χ2v) is 6.44. The minimum absolute atomic E-state index is 0.0574. The quantitative estimate of drug-likeness (QED) is 0.747. The molecule has 3 aromatic rings. The molecule has 2 aromatic carbocycles. The van der Waals surface area contributed by atoms with Crippen molar-refractivity contribution in [1.29, 1.82) is 0 Å². The van der Waals surface area contributed by atoms with Gasteiger partial charge in [-0.2, -0.15) is 13.2 Å². The molecule has 2 heterocycles. The lowest BCUT2D eigenvalue weighted by Gasteiger charge is -2.34. The van der Waals surface area contributed by atoms with Crippen LogP contribution in [0.1, 0.15) is 15.9 Å². The Kier molecular flexibility index (Phi) is 4.25. The van der Waals surface area contributed by atoms with Crippen LogP contribution in [0, 0.1) is 0 Å². The first-order valence-electron chi connectivity index (χ1n) is 8.58. The molecule has 27 heavy (non-hydrogen) atoms. The topological polar surface area (TPSA) is 52.2 Å². The van der Waals surface area contributed by atoms with E-state index in [1.54, 1.807) is 4.90 Å². The molecule has 0 atom stereocenters. The van der Waals surface area contributed by atoms with E-state index in [0.29, 0.717) is 26.2 Å². The van der Waals surface area contributed by atoms with Crippen LogP contribution in [0.3, 0.4) is 0 Å². The average molecular weight is 374 g/mol. The maximum Gasteiger partial charge on any atom is 0.416 e. The van der Waals surface area contributed by atoms with E-state index in [-0.39, 0.29) is 11.5 Å². The first-order valence-corrected chi connectivity index (χ1v) is 8.58. The van der Waals surface area contributed by atoms with Gasteiger partial charge in [-0.25, -0.2) is 4.98 Å². The molecular weight excluding hydrogens is 357 g/mol. The minimum Gasteiger partial charge on any atom is -0.339 e. The SMILES string of the molecule is O=C(c1cccc(C(F)(F)F)c1)N1CCN(c2nc3ccccc3[nH]2)CC1. The van der Waals surface area contributed by atoms with Gasteiger partial charge < -0.3 is 14.8 Å². The smallest absolute Gasteiger partial charge is 0.339 e. The number of anilines is 1. The maximum atomic E-state index is 12.9. The van der Waals surface area contributed by atoms with Crippen LogP contribution in [0.5, 0.6) is 0 Å². The van der Waals surface area contributed by atoms with E-state index >= 15 is 0 Å². The van der Waals surface area contributed by atoms with Gasteiger partial charge in [-0.15, -0.1) is 0 Å². The number of rotatable bonds is 2. The van der Waals surface area contributed by atoms with Crippen molar-refractivity contribution in [3.63, 3.8) is 0 Å². The predicted molar refractivity (Wildman–Crippen MR) is 95.7 cm³/mol. The summed E-state index contributed by atoms with van der Waals surface area (Å²) in [5, 5.41) is 0. The molecule has 1 aliphatic rings. The van der Waals surface area contributed by atoms with Gasteiger partial charge in [0.2, 0.25) is 5.95 Å². The lowest BCUT2D eigenvalue weighted by atomic mass is 10.1. The summed E-state index contributed by atoms with van der Waals surface area (Å²) in [6.45, 7) is 1.97. The van der Waals surface area contributed by atoms with Crippen molar-refractivity contribution in [3.05, 3.63) is 59.7 Å². The number of carbonyl (C=O) groups is 1. The fourth-order valence-electron chi connectivity index (χ4n) is 3.22. The third-order valence-electron chi connectivity index (χ3n) is 4.68. The highest BCUT2D eigenvalue weighted by Gasteiger charge is 2.31. The lowest BCUT2D eigenvalue weighted by molar-refractivity contribution is -0.137. The molecule has 0 radical (unpaired) electrons. The number of benzene rings is 2. The molecule has 0 spiro atoms. The Hall–Kier alpha value is -3.03. The van der Waals surface area contributed by atoms with Crippen molar-refractivity contribution in [1.82, 2.24) is 14.9 Å². The summed E-state index contributed by atoms with van der Waals surface area (Å²) in [5.74, 6) is 0.354. The molecule has 1 saturated heterocycles. The van der Waals surface area contributed by atoms with Crippen molar-refractivity contribution < 1.29 is 18.0 Å². The monoisotopic (exact) mass is 374 g/mol. The molecule has 8 heteroatoms. The van der Waals surface area contributed by atoms with Crippen LogP contribution in [0.15, 0.2) is 48.5 Å². The second-order valence-electron chi connectivity index (χ2n) is 6.44. The van der Waals surface area contributed by atoms with Crippen LogP contribution in [0.4, 0.5) is 19.1 Å². The average Bonchev–Trinajstić information content (AvgIpc) is 3.11. The number of H-pyrrole nitrogens is 1. The summed E-state index contributed by atoms with van der Waals surface area (Å²) < 4.78 is 38.6. The van der Waals surface area contributed by atoms with Crippen LogP contribution < -0.4 is 4.90 Å². The number of aromatic amines is 1. The zero-order valence-electron chi connectivity index (χ0n) is 14.3. The molecule has 4 rings (SSSR count). The fraction of sp³-hybridized carbons (Fsp3) is 0.263. The number of hydrogen-bond acceptors (Lipinski definition) is 3.